The number of hydrogen-bond donors (Lipinski definition) is 3. The molecule has 1 saturated heterocycles. The van der Waals surface area contributed by atoms with Crippen LogP contribution in [0.25, 0.3) is 5.69 Å². The van der Waals surface area contributed by atoms with E-state index >= 15 is 0 Å². The summed E-state index contributed by atoms with van der Waals surface area (Å²) in [4.78, 5) is 3.29. The highest BCUT2D eigenvalue weighted by Crippen LogP contribution is 2.16. The molecule has 1 aromatic carbocycles. The van der Waals surface area contributed by atoms with E-state index in [4.69, 9.17) is 17.0 Å². The lowest BCUT2D eigenvalue weighted by Crippen LogP contribution is -3.27. The zero-order valence-electron chi connectivity index (χ0n) is 13.8. The summed E-state index contributed by atoms with van der Waals surface area (Å²) in [5.74, 6) is 1.84. The van der Waals surface area contributed by atoms with Crippen molar-refractivity contribution in [2.75, 3.05) is 46.9 Å². The van der Waals surface area contributed by atoms with Crippen LogP contribution in [0.4, 0.5) is 0 Å². The van der Waals surface area contributed by atoms with Crippen molar-refractivity contribution >= 4 is 12.2 Å². The first-order chi connectivity index (χ1) is 11.2. The molecule has 1 aromatic heterocycles. The van der Waals surface area contributed by atoms with Crippen LogP contribution >= 0.6 is 12.2 Å². The molecule has 0 saturated carbocycles. The number of ether oxygens (including phenoxy) is 1. The number of likely N-dealkylation sites (N-methyl/N-ethyl adjacent to an activating group) is 1. The topological polar surface area (TPSA) is 51.7 Å². The zero-order valence-corrected chi connectivity index (χ0v) is 14.6. The number of nitrogens with one attached hydrogen (secondary N) is 3. The minimum absolute atomic E-state index is 0.642. The lowest BCUT2D eigenvalue weighted by molar-refractivity contribution is -1.00. The monoisotopic (exact) mass is 335 g/mol. The maximum atomic E-state index is 5.41. The first-order valence-corrected chi connectivity index (χ1v) is 8.54. The summed E-state index contributed by atoms with van der Waals surface area (Å²) in [5, 5.41) is 7.36. The second kappa shape index (κ2) is 7.25. The Balaban J connectivity index is 1.72. The van der Waals surface area contributed by atoms with Crippen LogP contribution in [-0.2, 0) is 6.42 Å². The maximum absolute atomic E-state index is 5.41. The van der Waals surface area contributed by atoms with Crippen LogP contribution in [0.5, 0.6) is 5.75 Å². The molecule has 3 rings (SSSR count). The van der Waals surface area contributed by atoms with Crippen molar-refractivity contribution in [1.82, 2.24) is 14.8 Å². The minimum Gasteiger partial charge on any atom is -0.497 e. The molecule has 2 aromatic rings. The van der Waals surface area contributed by atoms with Gasteiger partial charge in [-0.2, -0.15) is 5.10 Å². The number of benzene rings is 1. The normalized spacial score (nSPS) is 21.3. The van der Waals surface area contributed by atoms with Crippen LogP contribution in [0.1, 0.15) is 5.82 Å². The number of methoxy groups -OCH3 is 1. The summed E-state index contributed by atoms with van der Waals surface area (Å²) in [6, 6.07) is 7.92. The molecule has 7 heteroatoms. The largest absolute Gasteiger partial charge is 0.497 e. The number of piperazine rings is 1. The first-order valence-electron chi connectivity index (χ1n) is 8.13. The Kier molecular flexibility index (Phi) is 5.09. The molecular formula is C16H25N5OS+2. The third-order valence-corrected chi connectivity index (χ3v) is 4.86. The maximum Gasteiger partial charge on any atom is 0.199 e. The summed E-state index contributed by atoms with van der Waals surface area (Å²) in [7, 11) is 3.94. The highest BCUT2D eigenvalue weighted by Gasteiger charge is 2.20. The van der Waals surface area contributed by atoms with Gasteiger partial charge in [-0.25, -0.2) is 0 Å². The number of aromatic nitrogens is 3. The average molecular weight is 335 g/mol. The van der Waals surface area contributed by atoms with Crippen molar-refractivity contribution < 1.29 is 14.5 Å². The van der Waals surface area contributed by atoms with Crippen LogP contribution in [-0.4, -0.2) is 61.6 Å². The molecule has 0 spiro atoms. The van der Waals surface area contributed by atoms with Crippen molar-refractivity contribution in [3.05, 3.63) is 34.9 Å². The number of rotatable bonds is 5. The van der Waals surface area contributed by atoms with Gasteiger partial charge in [0.25, 0.3) is 0 Å². The van der Waals surface area contributed by atoms with Gasteiger partial charge in [0.15, 0.2) is 4.77 Å². The molecule has 0 bridgehead atoms. The molecule has 0 amide bonds. The van der Waals surface area contributed by atoms with Gasteiger partial charge in [-0.3, -0.25) is 9.67 Å². The van der Waals surface area contributed by atoms with E-state index in [-0.39, 0.29) is 0 Å². The van der Waals surface area contributed by atoms with E-state index in [2.05, 4.69) is 17.2 Å². The molecule has 1 aliphatic rings. The van der Waals surface area contributed by atoms with Gasteiger partial charge in [-0.05, 0) is 36.5 Å². The van der Waals surface area contributed by atoms with Gasteiger partial charge < -0.3 is 14.5 Å². The lowest BCUT2D eigenvalue weighted by atomic mass is 10.2. The van der Waals surface area contributed by atoms with Gasteiger partial charge in [-0.15, -0.1) is 0 Å². The van der Waals surface area contributed by atoms with Gasteiger partial charge in [0.05, 0.1) is 27.1 Å². The van der Waals surface area contributed by atoms with E-state index < -0.39 is 0 Å². The standard InChI is InChI=1S/C16H23N5OS/c1-19-9-11-20(12-10-19)8-7-15-17-18-16(23)21(15)13-3-5-14(22-2)6-4-13/h3-6H,7-12H2,1-2H3,(H,18,23)/p+2. The molecule has 6 nitrogen and oxygen atoms in total. The van der Waals surface area contributed by atoms with Crippen molar-refractivity contribution in [2.24, 2.45) is 0 Å². The quantitative estimate of drug-likeness (QED) is 0.608. The van der Waals surface area contributed by atoms with Crippen molar-refractivity contribution in [1.29, 1.82) is 0 Å². The Morgan fingerprint density at radius 3 is 2.57 bits per heavy atom. The number of H-pyrrole nitrogens is 1. The van der Waals surface area contributed by atoms with Crippen LogP contribution < -0.4 is 14.5 Å². The average Bonchev–Trinajstić information content (AvgIpc) is 2.95. The highest BCUT2D eigenvalue weighted by molar-refractivity contribution is 7.71. The number of nitrogens with zero attached hydrogens (tertiary/aromatic N) is 2. The molecule has 0 radical (unpaired) electrons. The Morgan fingerprint density at radius 2 is 1.91 bits per heavy atom. The molecule has 2 heterocycles. The van der Waals surface area contributed by atoms with Gasteiger partial charge in [-0.1, -0.05) is 0 Å². The Bertz CT molecular complexity index is 685. The molecule has 0 unspecified atom stereocenters. The highest BCUT2D eigenvalue weighted by atomic mass is 32.1. The van der Waals surface area contributed by atoms with Gasteiger partial charge in [0.1, 0.15) is 37.8 Å². The van der Waals surface area contributed by atoms with Crippen molar-refractivity contribution in [3.8, 4) is 11.4 Å². The minimum atomic E-state index is 0.642. The predicted molar refractivity (Wildman–Crippen MR) is 91.2 cm³/mol. The Morgan fingerprint density at radius 1 is 1.22 bits per heavy atom. The van der Waals surface area contributed by atoms with E-state index in [0.29, 0.717) is 4.77 Å². The summed E-state index contributed by atoms with van der Waals surface area (Å²) in [6.45, 7) is 6.07. The molecular weight excluding hydrogens is 310 g/mol. The fourth-order valence-electron chi connectivity index (χ4n) is 3.06. The van der Waals surface area contributed by atoms with E-state index in [1.807, 2.05) is 28.8 Å². The van der Waals surface area contributed by atoms with Gasteiger partial charge in [0.2, 0.25) is 0 Å². The van der Waals surface area contributed by atoms with E-state index in [1.54, 1.807) is 16.9 Å². The van der Waals surface area contributed by atoms with Crippen LogP contribution in [0, 0.1) is 4.77 Å². The fraction of sp³-hybridized carbons (Fsp3) is 0.500. The summed E-state index contributed by atoms with van der Waals surface area (Å²) < 4.78 is 7.88. The van der Waals surface area contributed by atoms with Crippen LogP contribution in [0.15, 0.2) is 24.3 Å². The van der Waals surface area contributed by atoms with Crippen molar-refractivity contribution in [3.63, 3.8) is 0 Å². The summed E-state index contributed by atoms with van der Waals surface area (Å²) in [6.07, 6.45) is 0.924. The second-order valence-corrected chi connectivity index (χ2v) is 6.57. The summed E-state index contributed by atoms with van der Waals surface area (Å²) in [5.41, 5.74) is 1.03. The molecule has 3 N–H and O–H groups in total. The van der Waals surface area contributed by atoms with E-state index in [9.17, 15) is 0 Å². The van der Waals surface area contributed by atoms with E-state index in [0.717, 1.165) is 30.2 Å². The molecule has 0 aliphatic carbocycles. The number of aromatic amines is 1. The third-order valence-electron chi connectivity index (χ3n) is 4.59. The smallest absolute Gasteiger partial charge is 0.199 e. The third kappa shape index (κ3) is 3.80. The SMILES string of the molecule is COc1ccc(-n2c(CC[NH+]3CC[NH+](C)CC3)n[nH]c2=S)cc1. The van der Waals surface area contributed by atoms with Gasteiger partial charge in [0, 0.05) is 5.69 Å². The molecule has 124 valence electrons. The first kappa shape index (κ1) is 16.2. The fourth-order valence-corrected chi connectivity index (χ4v) is 3.32. The van der Waals surface area contributed by atoms with Crippen LogP contribution in [0.3, 0.4) is 0 Å². The summed E-state index contributed by atoms with van der Waals surface area (Å²) >= 11 is 5.41. The number of quaternary nitrogens is 2. The lowest BCUT2D eigenvalue weighted by Gasteiger charge is -2.27. The zero-order chi connectivity index (χ0) is 16.2. The van der Waals surface area contributed by atoms with Gasteiger partial charge >= 0.3 is 0 Å². The molecule has 1 fully saturated rings. The van der Waals surface area contributed by atoms with E-state index in [1.165, 1.54) is 26.2 Å². The Labute approximate surface area is 141 Å². The second-order valence-electron chi connectivity index (χ2n) is 6.19. The van der Waals surface area contributed by atoms with Crippen LogP contribution in [0.2, 0.25) is 0 Å². The Hall–Kier alpha value is -1.70. The molecule has 23 heavy (non-hydrogen) atoms. The van der Waals surface area contributed by atoms with Crippen molar-refractivity contribution in [2.45, 2.75) is 6.42 Å². The predicted octanol–water partition coefficient (Wildman–Crippen LogP) is -1.11. The molecule has 1 aliphatic heterocycles. The number of hydrogen-bond acceptors (Lipinski definition) is 3. The molecule has 0 atom stereocenters.